The van der Waals surface area contributed by atoms with E-state index in [9.17, 15) is 22.0 Å². The second-order valence-electron chi connectivity index (χ2n) is 4.11. The van der Waals surface area contributed by atoms with E-state index in [1.807, 2.05) is 5.43 Å². The van der Waals surface area contributed by atoms with Gasteiger partial charge in [-0.3, -0.25) is 10.8 Å². The van der Waals surface area contributed by atoms with Crippen LogP contribution in [-0.4, -0.2) is 23.8 Å². The van der Waals surface area contributed by atoms with Crippen LogP contribution in [0, 0.1) is 22.6 Å². The average Bonchev–Trinajstić information content (AvgIpc) is 2.41. The van der Waals surface area contributed by atoms with Crippen molar-refractivity contribution < 1.29 is 31.4 Å². The number of ether oxygens (including phenoxy) is 2. The van der Waals surface area contributed by atoms with Crippen molar-refractivity contribution in [3.63, 3.8) is 0 Å². The Morgan fingerprint density at radius 2 is 1.74 bits per heavy atom. The molecule has 23 heavy (non-hydrogen) atoms. The molecule has 0 fully saturated rings. The Hall–Kier alpha value is -3.10. The van der Waals surface area contributed by atoms with Crippen molar-refractivity contribution in [2.75, 3.05) is 5.43 Å². The number of hydrazone groups is 1. The SMILES string of the molecule is N#C/C(=N\Nc1cc2c(cc1F)OC(F)(F)C(F)(F)O2)C(=N)N. The van der Waals surface area contributed by atoms with E-state index in [1.165, 1.54) is 6.07 Å². The number of nitriles is 1. The van der Waals surface area contributed by atoms with Gasteiger partial charge in [-0.05, 0) is 0 Å². The summed E-state index contributed by atoms with van der Waals surface area (Å²) in [5.74, 6) is -3.76. The minimum atomic E-state index is -4.97. The second-order valence-corrected chi connectivity index (χ2v) is 4.11. The highest BCUT2D eigenvalue weighted by Crippen LogP contribution is 2.48. The number of nitrogens with one attached hydrogen (secondary N) is 2. The average molecular weight is 335 g/mol. The van der Waals surface area contributed by atoms with Crippen LogP contribution in [-0.2, 0) is 0 Å². The molecular formula is C11H6F5N5O2. The van der Waals surface area contributed by atoms with Crippen LogP contribution in [0.2, 0.25) is 0 Å². The zero-order valence-corrected chi connectivity index (χ0v) is 10.8. The van der Waals surface area contributed by atoms with E-state index in [-0.39, 0.29) is 0 Å². The summed E-state index contributed by atoms with van der Waals surface area (Å²) in [6.07, 6.45) is -9.93. The molecule has 0 saturated carbocycles. The molecule has 2 rings (SSSR count). The standard InChI is InChI=1S/C11H6F5N5O2/c12-4-1-7-8(23-11(15,16)10(13,14)22-7)2-5(4)20-21-6(3-17)9(18)19/h1-2,20H,(H3,18,19)/b21-6+. The third kappa shape index (κ3) is 2.93. The van der Waals surface area contributed by atoms with Gasteiger partial charge in [-0.15, -0.1) is 0 Å². The number of amidine groups is 1. The maximum atomic E-state index is 13.7. The summed E-state index contributed by atoms with van der Waals surface area (Å²) in [4.78, 5) is 0. The van der Waals surface area contributed by atoms with Crippen LogP contribution in [0.3, 0.4) is 0 Å². The van der Waals surface area contributed by atoms with Gasteiger partial charge in [0, 0.05) is 12.1 Å². The number of hydrogen-bond donors (Lipinski definition) is 3. The highest BCUT2D eigenvalue weighted by Gasteiger charge is 2.66. The third-order valence-electron chi connectivity index (χ3n) is 2.50. The van der Waals surface area contributed by atoms with E-state index < -0.39 is 46.8 Å². The first-order valence-corrected chi connectivity index (χ1v) is 5.63. The lowest BCUT2D eigenvalue weighted by atomic mass is 10.2. The smallest absolute Gasteiger partial charge is 0.421 e. The molecule has 0 bridgehead atoms. The molecule has 0 aliphatic carbocycles. The normalized spacial score (nSPS) is 18.0. The molecule has 7 nitrogen and oxygen atoms in total. The molecule has 122 valence electrons. The summed E-state index contributed by atoms with van der Waals surface area (Å²) in [5, 5.41) is 18.9. The van der Waals surface area contributed by atoms with E-state index in [0.717, 1.165) is 0 Å². The largest absolute Gasteiger partial charge is 0.507 e. The number of anilines is 1. The maximum Gasteiger partial charge on any atom is 0.507 e. The minimum Gasteiger partial charge on any atom is -0.421 e. The molecule has 1 aromatic rings. The number of benzene rings is 1. The van der Waals surface area contributed by atoms with Crippen LogP contribution in [0.5, 0.6) is 11.5 Å². The van der Waals surface area contributed by atoms with Crippen LogP contribution >= 0.6 is 0 Å². The van der Waals surface area contributed by atoms with Gasteiger partial charge in [0.2, 0.25) is 5.71 Å². The lowest BCUT2D eigenvalue weighted by Crippen LogP contribution is -2.52. The minimum absolute atomic E-state index is 0.371. The van der Waals surface area contributed by atoms with Crippen LogP contribution in [0.1, 0.15) is 0 Å². The Labute approximate surface area is 124 Å². The molecule has 0 radical (unpaired) electrons. The maximum absolute atomic E-state index is 13.7. The number of hydrogen-bond acceptors (Lipinski definition) is 6. The van der Waals surface area contributed by atoms with E-state index in [2.05, 4.69) is 14.6 Å². The Morgan fingerprint density at radius 3 is 2.22 bits per heavy atom. The first-order valence-electron chi connectivity index (χ1n) is 5.63. The lowest BCUT2D eigenvalue weighted by Gasteiger charge is -2.31. The predicted molar refractivity (Wildman–Crippen MR) is 66.1 cm³/mol. The lowest BCUT2D eigenvalue weighted by molar-refractivity contribution is -0.391. The van der Waals surface area contributed by atoms with Gasteiger partial charge in [-0.25, -0.2) is 4.39 Å². The second kappa shape index (κ2) is 5.27. The first-order chi connectivity index (χ1) is 10.6. The molecule has 1 aliphatic heterocycles. The van der Waals surface area contributed by atoms with E-state index in [4.69, 9.17) is 16.4 Å². The molecule has 0 aromatic heterocycles. The molecule has 4 N–H and O–H groups in total. The third-order valence-corrected chi connectivity index (χ3v) is 2.50. The van der Waals surface area contributed by atoms with E-state index in [0.29, 0.717) is 12.1 Å². The number of halogens is 5. The van der Waals surface area contributed by atoms with E-state index >= 15 is 0 Å². The molecule has 0 unspecified atom stereocenters. The molecule has 12 heteroatoms. The molecule has 1 aromatic carbocycles. The monoisotopic (exact) mass is 335 g/mol. The zero-order valence-electron chi connectivity index (χ0n) is 10.8. The topological polar surface area (TPSA) is 117 Å². The summed E-state index contributed by atoms with van der Waals surface area (Å²) in [6, 6.07) is 2.36. The summed E-state index contributed by atoms with van der Waals surface area (Å²) in [7, 11) is 0. The summed E-state index contributed by atoms with van der Waals surface area (Å²) < 4.78 is 73.2. The van der Waals surface area contributed by atoms with Gasteiger partial charge in [0.05, 0.1) is 5.69 Å². The number of rotatable bonds is 3. The molecule has 1 aliphatic rings. The van der Waals surface area contributed by atoms with E-state index in [1.54, 1.807) is 0 Å². The van der Waals surface area contributed by atoms with Gasteiger partial charge in [0.1, 0.15) is 6.07 Å². The van der Waals surface area contributed by atoms with Gasteiger partial charge < -0.3 is 15.2 Å². The Bertz CT molecular complexity index is 743. The van der Waals surface area contributed by atoms with Crippen LogP contribution < -0.4 is 20.6 Å². The Balaban J connectivity index is 2.37. The van der Waals surface area contributed by atoms with Crippen molar-refractivity contribution in [3.8, 4) is 17.6 Å². The molecule has 1 heterocycles. The summed E-state index contributed by atoms with van der Waals surface area (Å²) >= 11 is 0. The quantitative estimate of drug-likeness (QED) is 0.338. The van der Waals surface area contributed by atoms with Crippen molar-refractivity contribution in [1.82, 2.24) is 0 Å². The Morgan fingerprint density at radius 1 is 1.22 bits per heavy atom. The zero-order chi connectivity index (χ0) is 17.4. The Kier molecular flexibility index (Phi) is 3.73. The molecular weight excluding hydrogens is 329 g/mol. The van der Waals surface area contributed by atoms with Gasteiger partial charge in [-0.1, -0.05) is 0 Å². The summed E-state index contributed by atoms with van der Waals surface area (Å²) in [5.41, 5.74) is 5.73. The van der Waals surface area contributed by atoms with Crippen molar-refractivity contribution in [2.45, 2.75) is 12.2 Å². The molecule has 0 atom stereocenters. The van der Waals surface area contributed by atoms with Gasteiger partial charge in [0.25, 0.3) is 0 Å². The van der Waals surface area contributed by atoms with Gasteiger partial charge in [-0.2, -0.15) is 27.9 Å². The van der Waals surface area contributed by atoms with Crippen LogP contribution in [0.25, 0.3) is 0 Å². The number of nitrogens with zero attached hydrogens (tertiary/aromatic N) is 2. The van der Waals surface area contributed by atoms with Crippen molar-refractivity contribution in [3.05, 3.63) is 17.9 Å². The first kappa shape index (κ1) is 16.3. The highest BCUT2D eigenvalue weighted by molar-refractivity contribution is 6.45. The number of nitrogens with two attached hydrogens (primary N) is 1. The molecule has 0 spiro atoms. The van der Waals surface area contributed by atoms with Crippen molar-refractivity contribution >= 4 is 17.2 Å². The van der Waals surface area contributed by atoms with Crippen molar-refractivity contribution in [1.29, 1.82) is 10.7 Å². The predicted octanol–water partition coefficient (Wildman–Crippen LogP) is 2.01. The number of alkyl halides is 4. The number of fused-ring (bicyclic) bond motifs is 1. The fraction of sp³-hybridized carbons (Fsp3) is 0.182. The van der Waals surface area contributed by atoms with Gasteiger partial charge in [0.15, 0.2) is 23.2 Å². The van der Waals surface area contributed by atoms with Crippen molar-refractivity contribution in [2.24, 2.45) is 10.8 Å². The fourth-order valence-corrected chi connectivity index (χ4v) is 1.44. The molecule has 0 amide bonds. The summed E-state index contributed by atoms with van der Waals surface area (Å²) in [6.45, 7) is 0. The van der Waals surface area contributed by atoms with Crippen LogP contribution in [0.4, 0.5) is 27.6 Å². The fourth-order valence-electron chi connectivity index (χ4n) is 1.44. The van der Waals surface area contributed by atoms with Gasteiger partial charge >= 0.3 is 12.2 Å². The van der Waals surface area contributed by atoms with Crippen LogP contribution in [0.15, 0.2) is 17.2 Å². The highest BCUT2D eigenvalue weighted by atomic mass is 19.3. The molecule has 0 saturated heterocycles.